The lowest BCUT2D eigenvalue weighted by molar-refractivity contribution is 0.470. The average Bonchev–Trinajstić information content (AvgIpc) is 2.81. The monoisotopic (exact) mass is 297 g/mol. The highest BCUT2D eigenvalue weighted by Gasteiger charge is 2.30. The van der Waals surface area contributed by atoms with E-state index in [0.717, 1.165) is 0 Å². The number of nitrogen functional groups attached to an aromatic ring is 1. The Morgan fingerprint density at radius 2 is 2.00 bits per heavy atom. The Labute approximate surface area is 116 Å². The number of aromatic nitrogens is 1. The lowest BCUT2D eigenvalue weighted by atomic mass is 10.1. The molecule has 0 aliphatic carbocycles. The minimum absolute atomic E-state index is 0.0830. The summed E-state index contributed by atoms with van der Waals surface area (Å²) < 4.78 is 27.3. The number of sulfonamides is 1. The molecule has 5 nitrogen and oxygen atoms in total. The fourth-order valence-corrected chi connectivity index (χ4v) is 3.99. The number of nitrogens with one attached hydrogen (secondary N) is 1. The van der Waals surface area contributed by atoms with E-state index in [1.54, 1.807) is 38.2 Å². The third-order valence-electron chi connectivity index (χ3n) is 2.57. The summed E-state index contributed by atoms with van der Waals surface area (Å²) in [5.74, 6) is 0. The maximum atomic E-state index is 12.3. The van der Waals surface area contributed by atoms with E-state index in [1.807, 2.05) is 5.38 Å². The quantitative estimate of drug-likeness (QED) is 0.845. The van der Waals surface area contributed by atoms with E-state index < -0.39 is 15.6 Å². The molecule has 0 fully saturated rings. The van der Waals surface area contributed by atoms with Gasteiger partial charge in [-0.25, -0.2) is 13.4 Å². The molecular formula is C12H15N3O2S2. The van der Waals surface area contributed by atoms with Crippen LogP contribution in [0.1, 0.15) is 18.9 Å². The predicted molar refractivity (Wildman–Crippen MR) is 76.3 cm³/mol. The Bertz CT molecular complexity index is 664. The van der Waals surface area contributed by atoms with Crippen molar-refractivity contribution in [1.82, 2.24) is 9.71 Å². The van der Waals surface area contributed by atoms with Crippen LogP contribution in [0.15, 0.2) is 40.7 Å². The second kappa shape index (κ2) is 4.92. The van der Waals surface area contributed by atoms with Gasteiger partial charge in [-0.15, -0.1) is 11.3 Å². The van der Waals surface area contributed by atoms with E-state index in [2.05, 4.69) is 9.71 Å². The second-order valence-corrected chi connectivity index (χ2v) is 7.15. The number of nitrogens with two attached hydrogens (primary N) is 1. The number of nitrogens with zero attached hydrogens (tertiary/aromatic N) is 1. The molecule has 0 atom stereocenters. The minimum Gasteiger partial charge on any atom is -0.398 e. The summed E-state index contributed by atoms with van der Waals surface area (Å²) in [6.07, 6.45) is 1.65. The van der Waals surface area contributed by atoms with Crippen molar-refractivity contribution in [3.8, 4) is 0 Å². The maximum absolute atomic E-state index is 12.3. The second-order valence-electron chi connectivity index (χ2n) is 4.61. The standard InChI is InChI=1S/C12H15N3O2S2/c1-12(2,11-14-7-8-18-11)15-19(16,17)10-6-4-3-5-9(10)13/h3-8,15H,13H2,1-2H3. The van der Waals surface area contributed by atoms with Gasteiger partial charge in [-0.05, 0) is 26.0 Å². The summed E-state index contributed by atoms with van der Waals surface area (Å²) in [7, 11) is -3.68. The third-order valence-corrected chi connectivity index (χ3v) is 5.39. The molecule has 19 heavy (non-hydrogen) atoms. The Morgan fingerprint density at radius 3 is 2.58 bits per heavy atom. The molecule has 0 saturated heterocycles. The normalized spacial score (nSPS) is 12.5. The molecule has 1 heterocycles. The van der Waals surface area contributed by atoms with E-state index in [9.17, 15) is 8.42 Å². The van der Waals surface area contributed by atoms with Gasteiger partial charge in [-0.2, -0.15) is 4.72 Å². The number of thiazole rings is 1. The van der Waals surface area contributed by atoms with Gasteiger partial charge in [-0.3, -0.25) is 0 Å². The Kier molecular flexibility index (Phi) is 3.62. The number of anilines is 1. The van der Waals surface area contributed by atoms with Gasteiger partial charge in [0, 0.05) is 11.6 Å². The summed E-state index contributed by atoms with van der Waals surface area (Å²) in [6.45, 7) is 3.53. The number of rotatable bonds is 4. The van der Waals surface area contributed by atoms with Crippen molar-refractivity contribution in [1.29, 1.82) is 0 Å². The molecule has 0 aliphatic heterocycles. The molecule has 0 saturated carbocycles. The van der Waals surface area contributed by atoms with E-state index in [0.29, 0.717) is 5.01 Å². The van der Waals surface area contributed by atoms with Crippen LogP contribution in [0.2, 0.25) is 0 Å². The number of hydrogen-bond donors (Lipinski definition) is 2. The highest BCUT2D eigenvalue weighted by Crippen LogP contribution is 2.26. The molecule has 2 rings (SSSR count). The van der Waals surface area contributed by atoms with Crippen LogP contribution in [0.4, 0.5) is 5.69 Å². The molecular weight excluding hydrogens is 282 g/mol. The van der Waals surface area contributed by atoms with Gasteiger partial charge in [0.1, 0.15) is 9.90 Å². The Hall–Kier alpha value is -1.44. The van der Waals surface area contributed by atoms with Gasteiger partial charge in [-0.1, -0.05) is 12.1 Å². The first-order chi connectivity index (χ1) is 8.83. The minimum atomic E-state index is -3.68. The van der Waals surface area contributed by atoms with Gasteiger partial charge in [0.2, 0.25) is 10.0 Å². The molecule has 0 spiro atoms. The maximum Gasteiger partial charge on any atom is 0.243 e. The molecule has 0 aliphatic rings. The first-order valence-corrected chi connectivity index (χ1v) is 7.98. The van der Waals surface area contributed by atoms with Gasteiger partial charge in [0.15, 0.2) is 0 Å². The highest BCUT2D eigenvalue weighted by atomic mass is 32.2. The molecule has 0 unspecified atom stereocenters. The van der Waals surface area contributed by atoms with E-state index in [1.165, 1.54) is 17.4 Å². The van der Waals surface area contributed by atoms with Crippen LogP contribution in [0.3, 0.4) is 0 Å². The predicted octanol–water partition coefficient (Wildman–Crippen LogP) is 1.94. The lowest BCUT2D eigenvalue weighted by Gasteiger charge is -2.23. The molecule has 7 heteroatoms. The fourth-order valence-electron chi connectivity index (χ4n) is 1.69. The molecule has 0 radical (unpaired) electrons. The van der Waals surface area contributed by atoms with Crippen molar-refractivity contribution in [2.24, 2.45) is 0 Å². The highest BCUT2D eigenvalue weighted by molar-refractivity contribution is 7.89. The Balaban J connectivity index is 2.35. The first kappa shape index (κ1) is 14.0. The van der Waals surface area contributed by atoms with E-state index in [-0.39, 0.29) is 10.6 Å². The van der Waals surface area contributed by atoms with Crippen LogP contribution in [0, 0.1) is 0 Å². The number of benzene rings is 1. The van der Waals surface area contributed by atoms with Crippen molar-refractivity contribution in [3.05, 3.63) is 40.8 Å². The van der Waals surface area contributed by atoms with Crippen LogP contribution < -0.4 is 10.5 Å². The molecule has 1 aromatic carbocycles. The number of hydrogen-bond acceptors (Lipinski definition) is 5. The van der Waals surface area contributed by atoms with Crippen molar-refractivity contribution < 1.29 is 8.42 Å². The van der Waals surface area contributed by atoms with Gasteiger partial charge in [0.25, 0.3) is 0 Å². The van der Waals surface area contributed by atoms with E-state index in [4.69, 9.17) is 5.73 Å². The molecule has 3 N–H and O–H groups in total. The van der Waals surface area contributed by atoms with Crippen molar-refractivity contribution in [2.45, 2.75) is 24.3 Å². The van der Waals surface area contributed by atoms with E-state index >= 15 is 0 Å². The smallest absolute Gasteiger partial charge is 0.243 e. The third kappa shape index (κ3) is 2.94. The summed E-state index contributed by atoms with van der Waals surface area (Å²) >= 11 is 1.40. The molecule has 1 aromatic heterocycles. The van der Waals surface area contributed by atoms with Crippen LogP contribution in [-0.4, -0.2) is 13.4 Å². The fraction of sp³-hybridized carbons (Fsp3) is 0.250. The first-order valence-electron chi connectivity index (χ1n) is 5.61. The zero-order valence-corrected chi connectivity index (χ0v) is 12.3. The summed E-state index contributed by atoms with van der Waals surface area (Å²) in [4.78, 5) is 4.23. The average molecular weight is 297 g/mol. The molecule has 102 valence electrons. The number of para-hydroxylation sites is 1. The molecule has 2 aromatic rings. The van der Waals surface area contributed by atoms with Crippen molar-refractivity contribution in [2.75, 3.05) is 5.73 Å². The molecule has 0 amide bonds. The van der Waals surface area contributed by atoms with Crippen LogP contribution >= 0.6 is 11.3 Å². The largest absolute Gasteiger partial charge is 0.398 e. The zero-order chi connectivity index (χ0) is 14.1. The van der Waals surface area contributed by atoms with Crippen LogP contribution in [-0.2, 0) is 15.6 Å². The molecule has 0 bridgehead atoms. The van der Waals surface area contributed by atoms with Crippen LogP contribution in [0.5, 0.6) is 0 Å². The van der Waals surface area contributed by atoms with Crippen molar-refractivity contribution in [3.63, 3.8) is 0 Å². The van der Waals surface area contributed by atoms with Gasteiger partial charge in [0.05, 0.1) is 11.2 Å². The van der Waals surface area contributed by atoms with Gasteiger partial charge < -0.3 is 5.73 Å². The van der Waals surface area contributed by atoms with Gasteiger partial charge >= 0.3 is 0 Å². The van der Waals surface area contributed by atoms with Crippen LogP contribution in [0.25, 0.3) is 0 Å². The summed E-state index contributed by atoms with van der Waals surface area (Å²) in [6, 6.07) is 6.38. The lowest BCUT2D eigenvalue weighted by Crippen LogP contribution is -2.41. The van der Waals surface area contributed by atoms with Crippen molar-refractivity contribution >= 4 is 27.0 Å². The SMILES string of the molecule is CC(C)(NS(=O)(=O)c1ccccc1N)c1nccs1. The topological polar surface area (TPSA) is 85.1 Å². The zero-order valence-electron chi connectivity index (χ0n) is 10.6. The Morgan fingerprint density at radius 1 is 1.32 bits per heavy atom. The summed E-state index contributed by atoms with van der Waals surface area (Å²) in [5.41, 5.74) is 5.16. The summed E-state index contributed by atoms with van der Waals surface area (Å²) in [5, 5.41) is 2.51.